The van der Waals surface area contributed by atoms with Crippen molar-refractivity contribution in [3.05, 3.63) is 34.4 Å². The highest BCUT2D eigenvalue weighted by atomic mass is 79.9. The first-order chi connectivity index (χ1) is 16.8. The van der Waals surface area contributed by atoms with Crippen molar-refractivity contribution in [3.63, 3.8) is 0 Å². The number of rotatable bonds is 17. The first kappa shape index (κ1) is 29.5. The smallest absolute Gasteiger partial charge is 0.240 e. The summed E-state index contributed by atoms with van der Waals surface area (Å²) < 4.78 is 29.3. The van der Waals surface area contributed by atoms with Gasteiger partial charge in [0.25, 0.3) is 0 Å². The summed E-state index contributed by atoms with van der Waals surface area (Å²) in [6, 6.07) is 4.98. The first-order valence-electron chi connectivity index (χ1n) is 12.5. The summed E-state index contributed by atoms with van der Waals surface area (Å²) in [4.78, 5) is 8.91. The molecule has 196 valence electrons. The van der Waals surface area contributed by atoms with Crippen molar-refractivity contribution in [2.45, 2.75) is 89.5 Å². The van der Waals surface area contributed by atoms with E-state index in [1.807, 2.05) is 6.92 Å². The van der Waals surface area contributed by atoms with E-state index in [9.17, 15) is 13.5 Å². The third-order valence-corrected chi connectivity index (χ3v) is 7.89. The van der Waals surface area contributed by atoms with Gasteiger partial charge in [0.15, 0.2) is 0 Å². The van der Waals surface area contributed by atoms with Crippen LogP contribution in [0.15, 0.2) is 33.8 Å². The number of nitrogens with one attached hydrogen (secondary N) is 3. The Kier molecular flexibility index (Phi) is 13.0. The monoisotopic (exact) mass is 569 g/mol. The van der Waals surface area contributed by atoms with Gasteiger partial charge in [-0.3, -0.25) is 0 Å². The molecule has 0 aliphatic rings. The predicted octanol–water partition coefficient (Wildman–Crippen LogP) is 5.89. The molecule has 0 aliphatic heterocycles. The van der Waals surface area contributed by atoms with Crippen LogP contribution in [0, 0.1) is 6.92 Å². The van der Waals surface area contributed by atoms with Gasteiger partial charge >= 0.3 is 0 Å². The normalized spacial score (nSPS) is 12.5. The van der Waals surface area contributed by atoms with Crippen molar-refractivity contribution in [1.29, 1.82) is 0 Å². The maximum Gasteiger partial charge on any atom is 0.240 e. The van der Waals surface area contributed by atoms with E-state index < -0.39 is 10.0 Å². The van der Waals surface area contributed by atoms with Crippen molar-refractivity contribution < 1.29 is 13.5 Å². The topological polar surface area (TPSA) is 116 Å². The molecule has 0 amide bonds. The molecule has 35 heavy (non-hydrogen) atoms. The second-order valence-corrected chi connectivity index (χ2v) is 11.5. The Morgan fingerprint density at radius 2 is 1.71 bits per heavy atom. The van der Waals surface area contributed by atoms with Crippen LogP contribution in [0.2, 0.25) is 0 Å². The Labute approximate surface area is 218 Å². The number of nitrogens with zero attached hydrogens (tertiary/aromatic N) is 2. The van der Waals surface area contributed by atoms with E-state index in [1.54, 1.807) is 31.3 Å². The Morgan fingerprint density at radius 1 is 1.06 bits per heavy atom. The molecule has 2 aromatic rings. The number of anilines is 3. The summed E-state index contributed by atoms with van der Waals surface area (Å²) >= 11 is 3.39. The number of aryl methyl sites for hydroxylation is 1. The molecule has 1 heterocycles. The molecule has 0 radical (unpaired) electrons. The quantitative estimate of drug-likeness (QED) is 0.175. The van der Waals surface area contributed by atoms with Crippen LogP contribution in [-0.2, 0) is 10.0 Å². The lowest BCUT2D eigenvalue weighted by atomic mass is 10.1. The molecule has 0 saturated heterocycles. The first-order valence-corrected chi connectivity index (χ1v) is 14.8. The molecule has 0 bridgehead atoms. The van der Waals surface area contributed by atoms with Crippen LogP contribution in [-0.4, -0.2) is 42.7 Å². The maximum absolute atomic E-state index is 12.9. The van der Waals surface area contributed by atoms with Gasteiger partial charge in [-0.1, -0.05) is 64.4 Å². The Balaban J connectivity index is 1.92. The van der Waals surface area contributed by atoms with Crippen molar-refractivity contribution >= 4 is 43.4 Å². The second-order valence-electron chi connectivity index (χ2n) is 8.95. The number of hydrogen-bond donors (Lipinski definition) is 4. The average Bonchev–Trinajstić information content (AvgIpc) is 2.83. The highest BCUT2D eigenvalue weighted by Crippen LogP contribution is 2.25. The fourth-order valence-corrected chi connectivity index (χ4v) is 5.27. The summed E-state index contributed by atoms with van der Waals surface area (Å²) in [5.74, 6) is 0.849. The molecule has 0 aliphatic carbocycles. The standard InChI is InChI=1S/C25H40BrN5O3S/c1-4-5-6-7-8-9-10-11-12-15-28-35(33,34)23-16-21(14-13-19(23)2)30-25-27-17-22(26)24(31-25)29-20(3)18-32/h13-14,16-17,20,28,32H,4-12,15,18H2,1-3H3,(H2,27,29,30,31)/t20-/m1/s1. The fraction of sp³-hybridized carbons (Fsp3) is 0.600. The molecule has 0 saturated carbocycles. The van der Waals surface area contributed by atoms with Crippen molar-refractivity contribution in [3.8, 4) is 0 Å². The summed E-state index contributed by atoms with van der Waals surface area (Å²) in [6.45, 7) is 6.24. The van der Waals surface area contributed by atoms with Crippen molar-refractivity contribution in [2.24, 2.45) is 0 Å². The molecule has 10 heteroatoms. The van der Waals surface area contributed by atoms with Crippen LogP contribution in [0.1, 0.15) is 77.2 Å². The summed E-state index contributed by atoms with van der Waals surface area (Å²) in [7, 11) is -3.63. The number of aliphatic hydroxyl groups excluding tert-OH is 1. The lowest BCUT2D eigenvalue weighted by Crippen LogP contribution is -2.25. The number of halogens is 1. The minimum Gasteiger partial charge on any atom is -0.394 e. The van der Waals surface area contributed by atoms with Gasteiger partial charge in [0.2, 0.25) is 16.0 Å². The molecular formula is C25H40BrN5O3S. The van der Waals surface area contributed by atoms with E-state index in [2.05, 4.69) is 48.2 Å². The van der Waals surface area contributed by atoms with E-state index in [-0.39, 0.29) is 17.5 Å². The molecule has 1 aromatic carbocycles. The van der Waals surface area contributed by atoms with E-state index in [0.29, 0.717) is 34.0 Å². The van der Waals surface area contributed by atoms with Crippen LogP contribution in [0.3, 0.4) is 0 Å². The summed E-state index contributed by atoms with van der Waals surface area (Å²) in [5, 5.41) is 15.4. The van der Waals surface area contributed by atoms with Gasteiger partial charge in [0.1, 0.15) is 5.82 Å². The van der Waals surface area contributed by atoms with Crippen molar-refractivity contribution in [2.75, 3.05) is 23.8 Å². The van der Waals surface area contributed by atoms with Gasteiger partial charge < -0.3 is 15.7 Å². The largest absolute Gasteiger partial charge is 0.394 e. The molecule has 0 unspecified atom stereocenters. The summed E-state index contributed by atoms with van der Waals surface area (Å²) in [5.41, 5.74) is 1.24. The van der Waals surface area contributed by atoms with Gasteiger partial charge in [-0.25, -0.2) is 18.1 Å². The van der Waals surface area contributed by atoms with Gasteiger partial charge in [0.05, 0.1) is 16.0 Å². The van der Waals surface area contributed by atoms with E-state index >= 15 is 0 Å². The third-order valence-electron chi connectivity index (χ3n) is 5.71. The van der Waals surface area contributed by atoms with Crippen LogP contribution in [0.5, 0.6) is 0 Å². The highest BCUT2D eigenvalue weighted by Gasteiger charge is 2.17. The van der Waals surface area contributed by atoms with E-state index in [0.717, 1.165) is 19.3 Å². The Morgan fingerprint density at radius 3 is 2.37 bits per heavy atom. The number of sulfonamides is 1. The lowest BCUT2D eigenvalue weighted by molar-refractivity contribution is 0.281. The van der Waals surface area contributed by atoms with Crippen LogP contribution in [0.25, 0.3) is 0 Å². The zero-order valence-electron chi connectivity index (χ0n) is 21.1. The highest BCUT2D eigenvalue weighted by molar-refractivity contribution is 9.10. The van der Waals surface area contributed by atoms with Gasteiger partial charge in [-0.15, -0.1) is 0 Å². The third kappa shape index (κ3) is 10.4. The lowest BCUT2D eigenvalue weighted by Gasteiger charge is -2.15. The van der Waals surface area contributed by atoms with Crippen LogP contribution < -0.4 is 15.4 Å². The fourth-order valence-electron chi connectivity index (χ4n) is 3.62. The SMILES string of the molecule is CCCCCCCCCCCNS(=O)(=O)c1cc(Nc2ncc(Br)c(N[C@H](C)CO)n2)ccc1C. The van der Waals surface area contributed by atoms with Crippen LogP contribution >= 0.6 is 15.9 Å². The Hall–Kier alpha value is -1.75. The molecule has 0 fully saturated rings. The van der Waals surface area contributed by atoms with E-state index in [4.69, 9.17) is 0 Å². The van der Waals surface area contributed by atoms with Crippen molar-refractivity contribution in [1.82, 2.24) is 14.7 Å². The van der Waals surface area contributed by atoms with Crippen LogP contribution in [0.4, 0.5) is 17.5 Å². The Bertz CT molecular complexity index is 1020. The van der Waals surface area contributed by atoms with Gasteiger partial charge in [0, 0.05) is 24.5 Å². The second kappa shape index (κ2) is 15.4. The molecule has 2 rings (SSSR count). The average molecular weight is 571 g/mol. The predicted molar refractivity (Wildman–Crippen MR) is 147 cm³/mol. The zero-order chi connectivity index (χ0) is 25.7. The minimum absolute atomic E-state index is 0.0373. The molecular weight excluding hydrogens is 530 g/mol. The van der Waals surface area contributed by atoms with Gasteiger partial charge in [-0.05, 0) is 53.9 Å². The number of aromatic nitrogens is 2. The number of unbranched alkanes of at least 4 members (excludes halogenated alkanes) is 8. The number of aliphatic hydroxyl groups is 1. The minimum atomic E-state index is -3.63. The van der Waals surface area contributed by atoms with E-state index in [1.165, 1.54) is 38.5 Å². The molecule has 1 atom stereocenters. The maximum atomic E-state index is 12.9. The molecule has 4 N–H and O–H groups in total. The number of hydrogen-bond acceptors (Lipinski definition) is 7. The summed E-state index contributed by atoms with van der Waals surface area (Å²) in [6.07, 6.45) is 12.3. The zero-order valence-corrected chi connectivity index (χ0v) is 23.5. The molecule has 0 spiro atoms. The molecule has 1 aromatic heterocycles. The molecule has 8 nitrogen and oxygen atoms in total. The van der Waals surface area contributed by atoms with Gasteiger partial charge in [-0.2, -0.15) is 4.98 Å². The number of benzene rings is 1.